The van der Waals surface area contributed by atoms with Crippen LogP contribution in [0.4, 0.5) is 11.8 Å². The van der Waals surface area contributed by atoms with Crippen molar-refractivity contribution >= 4 is 11.8 Å². The van der Waals surface area contributed by atoms with E-state index in [1.54, 1.807) is 0 Å². The zero-order valence-electron chi connectivity index (χ0n) is 11.5. The van der Waals surface area contributed by atoms with Crippen molar-refractivity contribution in [3.05, 3.63) is 11.8 Å². The molecule has 0 amide bonds. The van der Waals surface area contributed by atoms with Gasteiger partial charge in [-0.05, 0) is 32.6 Å². The van der Waals surface area contributed by atoms with Crippen LogP contribution in [-0.4, -0.2) is 36.1 Å². The summed E-state index contributed by atoms with van der Waals surface area (Å²) in [6, 6.07) is 0.835. The molecule has 1 fully saturated rings. The van der Waals surface area contributed by atoms with Crippen LogP contribution < -0.4 is 16.0 Å². The van der Waals surface area contributed by atoms with E-state index in [0.717, 1.165) is 43.0 Å². The molecule has 0 unspecified atom stereocenters. The molecule has 1 aromatic heterocycles. The molecular weight excluding hydrogens is 226 g/mol. The molecule has 0 spiro atoms. The third-order valence-electron chi connectivity index (χ3n) is 3.47. The molecule has 0 atom stereocenters. The number of nitrogens with one attached hydrogen (secondary N) is 1. The summed E-state index contributed by atoms with van der Waals surface area (Å²) in [5, 5.41) is 3.42. The minimum Gasteiger partial charge on any atom is -0.362 e. The van der Waals surface area contributed by atoms with E-state index in [1.807, 2.05) is 32.1 Å². The molecule has 1 aliphatic rings. The van der Waals surface area contributed by atoms with Crippen LogP contribution in [0.1, 0.15) is 31.2 Å². The van der Waals surface area contributed by atoms with E-state index in [4.69, 9.17) is 5.73 Å². The fourth-order valence-electron chi connectivity index (χ4n) is 2.40. The van der Waals surface area contributed by atoms with Crippen LogP contribution >= 0.6 is 0 Å². The van der Waals surface area contributed by atoms with Gasteiger partial charge in [-0.25, -0.2) is 4.98 Å². The van der Waals surface area contributed by atoms with Gasteiger partial charge in [0, 0.05) is 37.9 Å². The normalized spacial score (nSPS) is 23.8. The van der Waals surface area contributed by atoms with Gasteiger partial charge in [0.25, 0.3) is 0 Å². The molecule has 3 N–H and O–H groups in total. The molecule has 0 bridgehead atoms. The maximum absolute atomic E-state index is 5.91. The number of hydrogen-bond acceptors (Lipinski definition) is 5. The van der Waals surface area contributed by atoms with Gasteiger partial charge in [0.2, 0.25) is 5.95 Å². The molecule has 5 nitrogen and oxygen atoms in total. The Balaban J connectivity index is 2.03. The van der Waals surface area contributed by atoms with Crippen molar-refractivity contribution < 1.29 is 0 Å². The molecule has 1 aliphatic carbocycles. The summed E-state index contributed by atoms with van der Waals surface area (Å²) in [7, 11) is 4.00. The van der Waals surface area contributed by atoms with Gasteiger partial charge in [-0.1, -0.05) is 0 Å². The Morgan fingerprint density at radius 3 is 2.56 bits per heavy atom. The highest BCUT2D eigenvalue weighted by Crippen LogP contribution is 2.21. The molecule has 1 aromatic rings. The molecule has 0 radical (unpaired) electrons. The first-order valence-electron chi connectivity index (χ1n) is 6.59. The van der Waals surface area contributed by atoms with E-state index in [9.17, 15) is 0 Å². The summed E-state index contributed by atoms with van der Waals surface area (Å²) < 4.78 is 0. The summed E-state index contributed by atoms with van der Waals surface area (Å²) in [5.41, 5.74) is 7.00. The van der Waals surface area contributed by atoms with E-state index >= 15 is 0 Å². The quantitative estimate of drug-likeness (QED) is 0.850. The first-order valence-corrected chi connectivity index (χ1v) is 6.59. The molecule has 2 rings (SSSR count). The summed E-state index contributed by atoms with van der Waals surface area (Å²) in [6.07, 6.45) is 6.26. The Morgan fingerprint density at radius 2 is 1.94 bits per heavy atom. The largest absolute Gasteiger partial charge is 0.362 e. The third-order valence-corrected chi connectivity index (χ3v) is 3.47. The van der Waals surface area contributed by atoms with Crippen LogP contribution in [0.5, 0.6) is 0 Å². The van der Waals surface area contributed by atoms with Gasteiger partial charge in [-0.15, -0.1) is 0 Å². The Bertz CT molecular complexity index is 396. The lowest BCUT2D eigenvalue weighted by Gasteiger charge is -2.27. The smallest absolute Gasteiger partial charge is 0.224 e. The molecule has 1 heterocycles. The molecule has 0 aliphatic heterocycles. The average Bonchev–Trinajstić information content (AvgIpc) is 2.34. The highest BCUT2D eigenvalue weighted by Gasteiger charge is 2.19. The average molecular weight is 249 g/mol. The van der Waals surface area contributed by atoms with Crippen molar-refractivity contribution in [3.8, 4) is 0 Å². The number of rotatable bonds is 3. The highest BCUT2D eigenvalue weighted by atomic mass is 15.2. The fourth-order valence-corrected chi connectivity index (χ4v) is 2.40. The summed E-state index contributed by atoms with van der Waals surface area (Å²) in [6.45, 7) is 2.03. The number of hydrogen-bond donors (Lipinski definition) is 2. The van der Waals surface area contributed by atoms with Crippen molar-refractivity contribution in [1.82, 2.24) is 9.97 Å². The van der Waals surface area contributed by atoms with E-state index in [1.165, 1.54) is 0 Å². The van der Waals surface area contributed by atoms with Crippen LogP contribution in [0, 0.1) is 6.92 Å². The van der Waals surface area contributed by atoms with Crippen LogP contribution in [-0.2, 0) is 0 Å². The van der Waals surface area contributed by atoms with Crippen molar-refractivity contribution in [2.24, 2.45) is 5.73 Å². The second kappa shape index (κ2) is 5.52. The monoisotopic (exact) mass is 249 g/mol. The summed E-state index contributed by atoms with van der Waals surface area (Å²) in [5.74, 6) is 1.70. The van der Waals surface area contributed by atoms with E-state index < -0.39 is 0 Å². The standard InChI is InChI=1S/C13H23N5/c1-9-8-15-13(17-12(9)18(2)3)16-11-6-4-10(14)5-7-11/h8,10-11H,4-7,14H2,1-3H3,(H,15,16,17). The second-order valence-electron chi connectivity index (χ2n) is 5.35. The molecular formula is C13H23N5. The zero-order valence-corrected chi connectivity index (χ0v) is 11.5. The predicted octanol–water partition coefficient (Wildman–Crippen LogP) is 1.53. The molecule has 0 saturated heterocycles. The first-order chi connectivity index (χ1) is 8.56. The van der Waals surface area contributed by atoms with Gasteiger partial charge in [0.15, 0.2) is 0 Å². The van der Waals surface area contributed by atoms with Crippen LogP contribution in [0.3, 0.4) is 0 Å². The molecule has 1 saturated carbocycles. The topological polar surface area (TPSA) is 67.1 Å². The van der Waals surface area contributed by atoms with Crippen molar-refractivity contribution in [2.45, 2.75) is 44.7 Å². The van der Waals surface area contributed by atoms with Gasteiger partial charge in [-0.3, -0.25) is 0 Å². The third kappa shape index (κ3) is 3.10. The molecule has 0 aromatic carbocycles. The summed E-state index contributed by atoms with van der Waals surface area (Å²) >= 11 is 0. The van der Waals surface area contributed by atoms with E-state index in [2.05, 4.69) is 15.3 Å². The second-order valence-corrected chi connectivity index (χ2v) is 5.35. The van der Waals surface area contributed by atoms with Gasteiger partial charge in [0.05, 0.1) is 0 Å². The van der Waals surface area contributed by atoms with Crippen LogP contribution in [0.15, 0.2) is 6.20 Å². The lowest BCUT2D eigenvalue weighted by atomic mass is 9.92. The van der Waals surface area contributed by atoms with Crippen LogP contribution in [0.2, 0.25) is 0 Å². The minimum atomic E-state index is 0.374. The van der Waals surface area contributed by atoms with Crippen LogP contribution in [0.25, 0.3) is 0 Å². The SMILES string of the molecule is Cc1cnc(NC2CCC(N)CC2)nc1N(C)C. The maximum Gasteiger partial charge on any atom is 0.224 e. The van der Waals surface area contributed by atoms with Crippen molar-refractivity contribution in [3.63, 3.8) is 0 Å². The lowest BCUT2D eigenvalue weighted by molar-refractivity contribution is 0.410. The van der Waals surface area contributed by atoms with E-state index in [0.29, 0.717) is 12.1 Å². The van der Waals surface area contributed by atoms with Crippen molar-refractivity contribution in [1.29, 1.82) is 0 Å². The minimum absolute atomic E-state index is 0.374. The Hall–Kier alpha value is -1.36. The van der Waals surface area contributed by atoms with Gasteiger partial charge >= 0.3 is 0 Å². The Morgan fingerprint density at radius 1 is 1.28 bits per heavy atom. The van der Waals surface area contributed by atoms with E-state index in [-0.39, 0.29) is 0 Å². The van der Waals surface area contributed by atoms with Gasteiger partial charge in [0.1, 0.15) is 5.82 Å². The number of aromatic nitrogens is 2. The fraction of sp³-hybridized carbons (Fsp3) is 0.692. The molecule has 18 heavy (non-hydrogen) atoms. The lowest BCUT2D eigenvalue weighted by Crippen LogP contribution is -2.33. The zero-order chi connectivity index (χ0) is 13.1. The number of nitrogens with zero attached hydrogens (tertiary/aromatic N) is 3. The molecule has 5 heteroatoms. The van der Waals surface area contributed by atoms with Crippen molar-refractivity contribution in [2.75, 3.05) is 24.3 Å². The predicted molar refractivity (Wildman–Crippen MR) is 75.0 cm³/mol. The Labute approximate surface area is 109 Å². The number of nitrogens with two attached hydrogens (primary N) is 1. The highest BCUT2D eigenvalue weighted by molar-refractivity contribution is 5.47. The van der Waals surface area contributed by atoms with Gasteiger partial charge < -0.3 is 16.0 Å². The number of anilines is 2. The summed E-state index contributed by atoms with van der Waals surface area (Å²) in [4.78, 5) is 10.9. The Kier molecular flexibility index (Phi) is 4.01. The first kappa shape index (κ1) is 13.1. The maximum atomic E-state index is 5.91. The number of aryl methyl sites for hydroxylation is 1. The molecule has 100 valence electrons. The van der Waals surface area contributed by atoms with Gasteiger partial charge in [-0.2, -0.15) is 4.98 Å².